The van der Waals surface area contributed by atoms with Crippen molar-refractivity contribution in [1.82, 2.24) is 0 Å². The summed E-state index contributed by atoms with van der Waals surface area (Å²) >= 11 is 1.44. The zero-order valence-corrected chi connectivity index (χ0v) is 9.57. The van der Waals surface area contributed by atoms with E-state index in [1.807, 2.05) is 24.3 Å². The highest BCUT2D eigenvalue weighted by Crippen LogP contribution is 2.25. The van der Waals surface area contributed by atoms with E-state index in [1.165, 1.54) is 11.8 Å². The van der Waals surface area contributed by atoms with Crippen LogP contribution in [0.25, 0.3) is 0 Å². The smallest absolute Gasteiger partial charge is 0.326 e. The van der Waals surface area contributed by atoms with Gasteiger partial charge in [-0.25, -0.2) is 0 Å². The van der Waals surface area contributed by atoms with E-state index in [9.17, 15) is 13.2 Å². The summed E-state index contributed by atoms with van der Waals surface area (Å²) < 4.78 is 35.6. The minimum absolute atomic E-state index is 0.160. The Morgan fingerprint density at radius 1 is 1.12 bits per heavy atom. The molecule has 1 rings (SSSR count). The van der Waals surface area contributed by atoms with Crippen molar-refractivity contribution in [2.24, 2.45) is 5.73 Å². The summed E-state index contributed by atoms with van der Waals surface area (Å²) in [6.45, 7) is 0.485. The molecule has 2 N–H and O–H groups in total. The van der Waals surface area contributed by atoms with Crippen LogP contribution in [0.3, 0.4) is 0 Å². The maximum atomic E-state index is 11.9. The normalized spacial score (nSPS) is 11.8. The molecule has 0 radical (unpaired) electrons. The van der Waals surface area contributed by atoms with E-state index >= 15 is 0 Å². The van der Waals surface area contributed by atoms with Gasteiger partial charge in [0.15, 0.2) is 0 Å². The van der Waals surface area contributed by atoms with Gasteiger partial charge in [0.2, 0.25) is 0 Å². The van der Waals surface area contributed by atoms with E-state index in [-0.39, 0.29) is 6.42 Å². The van der Waals surface area contributed by atoms with Crippen molar-refractivity contribution in [3.05, 3.63) is 29.8 Å². The Labute approximate surface area is 97.2 Å². The van der Waals surface area contributed by atoms with Crippen LogP contribution in [0.4, 0.5) is 13.2 Å². The van der Waals surface area contributed by atoms with Crippen LogP contribution in [0.1, 0.15) is 18.4 Å². The number of alkyl halides is 3. The van der Waals surface area contributed by atoms with Crippen molar-refractivity contribution < 1.29 is 13.2 Å². The lowest BCUT2D eigenvalue weighted by molar-refractivity contribution is -0.134. The van der Waals surface area contributed by atoms with E-state index in [4.69, 9.17) is 5.73 Å². The van der Waals surface area contributed by atoms with Crippen molar-refractivity contribution >= 4 is 11.8 Å². The highest BCUT2D eigenvalue weighted by atomic mass is 32.2. The van der Waals surface area contributed by atoms with Crippen LogP contribution in [0.5, 0.6) is 0 Å². The van der Waals surface area contributed by atoms with Crippen molar-refractivity contribution in [3.8, 4) is 0 Å². The number of nitrogens with two attached hydrogens (primary N) is 1. The second-order valence-corrected chi connectivity index (χ2v) is 4.58. The Morgan fingerprint density at radius 2 is 1.75 bits per heavy atom. The van der Waals surface area contributed by atoms with E-state index < -0.39 is 12.6 Å². The molecule has 0 atom stereocenters. The topological polar surface area (TPSA) is 26.0 Å². The summed E-state index contributed by atoms with van der Waals surface area (Å²) in [6, 6.07) is 7.57. The summed E-state index contributed by atoms with van der Waals surface area (Å²) in [6.07, 6.45) is -4.59. The molecule has 0 heterocycles. The highest BCUT2D eigenvalue weighted by molar-refractivity contribution is 7.99. The second-order valence-electron chi connectivity index (χ2n) is 3.42. The van der Waals surface area contributed by atoms with Crippen molar-refractivity contribution in [1.29, 1.82) is 0 Å². The summed E-state index contributed by atoms with van der Waals surface area (Å²) in [7, 11) is 0. The molecule has 0 amide bonds. The molecule has 16 heavy (non-hydrogen) atoms. The average molecular weight is 249 g/mol. The van der Waals surface area contributed by atoms with Crippen LogP contribution in [-0.2, 0) is 6.54 Å². The van der Waals surface area contributed by atoms with Crippen molar-refractivity contribution in [2.45, 2.75) is 30.5 Å². The van der Waals surface area contributed by atoms with Gasteiger partial charge in [-0.1, -0.05) is 12.1 Å². The molecule has 0 spiro atoms. The van der Waals surface area contributed by atoms with Crippen LogP contribution < -0.4 is 5.73 Å². The third kappa shape index (κ3) is 5.42. The van der Waals surface area contributed by atoms with Gasteiger partial charge in [0.05, 0.1) is 0 Å². The first kappa shape index (κ1) is 13.4. The van der Waals surface area contributed by atoms with Crippen LogP contribution in [0.15, 0.2) is 29.2 Å². The minimum Gasteiger partial charge on any atom is -0.326 e. The number of hydrogen-bond donors (Lipinski definition) is 1. The van der Waals surface area contributed by atoms with Crippen molar-refractivity contribution in [2.75, 3.05) is 5.75 Å². The number of benzene rings is 1. The molecule has 0 saturated carbocycles. The zero-order chi connectivity index (χ0) is 12.0. The zero-order valence-electron chi connectivity index (χ0n) is 8.76. The lowest BCUT2D eigenvalue weighted by Gasteiger charge is -2.06. The quantitative estimate of drug-likeness (QED) is 0.637. The van der Waals surface area contributed by atoms with Gasteiger partial charge in [0.1, 0.15) is 0 Å². The van der Waals surface area contributed by atoms with Gasteiger partial charge in [0, 0.05) is 17.9 Å². The molecule has 0 aliphatic heterocycles. The molecule has 5 heteroatoms. The lowest BCUT2D eigenvalue weighted by Crippen LogP contribution is -2.06. The number of hydrogen-bond acceptors (Lipinski definition) is 2. The molecular formula is C11H14F3NS. The summed E-state index contributed by atoms with van der Waals surface area (Å²) in [5, 5.41) is 0. The van der Waals surface area contributed by atoms with Gasteiger partial charge in [-0.3, -0.25) is 0 Å². The first-order valence-corrected chi connectivity index (χ1v) is 5.98. The third-order valence-electron chi connectivity index (χ3n) is 2.03. The first-order valence-electron chi connectivity index (χ1n) is 5.00. The summed E-state index contributed by atoms with van der Waals surface area (Å²) in [4.78, 5) is 0.986. The summed E-state index contributed by atoms with van der Waals surface area (Å²) in [5.41, 5.74) is 6.47. The minimum atomic E-state index is -4.04. The molecule has 0 saturated heterocycles. The Kier molecular flexibility index (Phi) is 5.15. The van der Waals surface area contributed by atoms with E-state index in [0.29, 0.717) is 12.3 Å². The Hall–Kier alpha value is -0.680. The largest absolute Gasteiger partial charge is 0.389 e. The fourth-order valence-corrected chi connectivity index (χ4v) is 2.04. The van der Waals surface area contributed by atoms with Gasteiger partial charge in [-0.15, -0.1) is 11.8 Å². The predicted octanol–water partition coefficient (Wildman–Crippen LogP) is 3.58. The maximum absolute atomic E-state index is 11.9. The van der Waals surface area contributed by atoms with E-state index in [0.717, 1.165) is 10.5 Å². The van der Waals surface area contributed by atoms with E-state index in [1.54, 1.807) is 0 Å². The fraction of sp³-hybridized carbons (Fsp3) is 0.455. The van der Waals surface area contributed by atoms with Crippen molar-refractivity contribution in [3.63, 3.8) is 0 Å². The maximum Gasteiger partial charge on any atom is 0.389 e. The Morgan fingerprint density at radius 3 is 2.25 bits per heavy atom. The lowest BCUT2D eigenvalue weighted by atomic mass is 10.2. The molecule has 0 fully saturated rings. The molecule has 0 aliphatic carbocycles. The Balaban J connectivity index is 2.27. The molecular weight excluding hydrogens is 235 g/mol. The molecule has 0 aromatic heterocycles. The van der Waals surface area contributed by atoms with E-state index in [2.05, 4.69) is 0 Å². The van der Waals surface area contributed by atoms with Gasteiger partial charge < -0.3 is 5.73 Å². The second kappa shape index (κ2) is 6.15. The summed E-state index contributed by atoms with van der Waals surface area (Å²) in [5.74, 6) is 0.488. The Bertz CT molecular complexity index is 308. The molecule has 0 bridgehead atoms. The van der Waals surface area contributed by atoms with Gasteiger partial charge >= 0.3 is 6.18 Å². The molecule has 0 unspecified atom stereocenters. The van der Waals surface area contributed by atoms with Crippen LogP contribution in [-0.4, -0.2) is 11.9 Å². The number of halogens is 3. The number of thioether (sulfide) groups is 1. The number of rotatable bonds is 5. The molecule has 0 aliphatic rings. The van der Waals surface area contributed by atoms with Crippen LogP contribution in [0.2, 0.25) is 0 Å². The molecule has 1 aromatic carbocycles. The predicted molar refractivity (Wildman–Crippen MR) is 60.3 cm³/mol. The van der Waals surface area contributed by atoms with Gasteiger partial charge in [0.25, 0.3) is 0 Å². The highest BCUT2D eigenvalue weighted by Gasteiger charge is 2.25. The first-order chi connectivity index (χ1) is 7.51. The van der Waals surface area contributed by atoms with Crippen LogP contribution in [0, 0.1) is 0 Å². The van der Waals surface area contributed by atoms with Crippen LogP contribution >= 0.6 is 11.8 Å². The molecule has 1 nitrogen and oxygen atoms in total. The van der Waals surface area contributed by atoms with Gasteiger partial charge in [-0.2, -0.15) is 13.2 Å². The monoisotopic (exact) mass is 249 g/mol. The standard InChI is InChI=1S/C11H14F3NS/c12-11(13,14)6-1-7-16-10-4-2-9(8-15)3-5-10/h2-5H,1,6-8,15H2. The SMILES string of the molecule is NCc1ccc(SCCCC(F)(F)F)cc1. The third-order valence-corrected chi connectivity index (χ3v) is 3.13. The molecule has 90 valence electrons. The average Bonchev–Trinajstić information content (AvgIpc) is 2.24. The fourth-order valence-electron chi connectivity index (χ4n) is 1.18. The molecule has 1 aromatic rings. The van der Waals surface area contributed by atoms with Gasteiger partial charge in [-0.05, 0) is 29.9 Å².